The van der Waals surface area contributed by atoms with Gasteiger partial charge in [0, 0.05) is 24.9 Å². The summed E-state index contributed by atoms with van der Waals surface area (Å²) in [5, 5.41) is 14.2. The van der Waals surface area contributed by atoms with Crippen LogP contribution in [0.15, 0.2) is 73.1 Å². The molecule has 1 fully saturated rings. The lowest BCUT2D eigenvalue weighted by molar-refractivity contribution is -0.193. The number of benzene rings is 2. The number of carboxylic acids is 2. The predicted octanol–water partition coefficient (Wildman–Crippen LogP) is 6.31. The second kappa shape index (κ2) is 14.6. The number of H-pyrrole nitrogens is 1. The Balaban J connectivity index is 0.000000303. The molecule has 230 valence electrons. The number of imidazole rings is 1. The molecule has 4 aromatic rings. The highest BCUT2D eigenvalue weighted by atomic mass is 19.4. The van der Waals surface area contributed by atoms with E-state index in [1.54, 1.807) is 0 Å². The zero-order valence-electron chi connectivity index (χ0n) is 22.6. The summed E-state index contributed by atoms with van der Waals surface area (Å²) in [5.74, 6) is -3.84. The van der Waals surface area contributed by atoms with E-state index < -0.39 is 24.3 Å². The van der Waals surface area contributed by atoms with Gasteiger partial charge in [-0.15, -0.1) is 0 Å². The number of halogens is 6. The zero-order valence-corrected chi connectivity index (χ0v) is 22.6. The van der Waals surface area contributed by atoms with Crippen molar-refractivity contribution in [3.63, 3.8) is 0 Å². The number of aliphatic carboxylic acids is 2. The van der Waals surface area contributed by atoms with Gasteiger partial charge in [0.25, 0.3) is 0 Å². The number of pyridine rings is 1. The molecule has 0 unspecified atom stereocenters. The molecular weight excluding hydrogens is 582 g/mol. The highest BCUT2D eigenvalue weighted by molar-refractivity contribution is 5.82. The molecule has 43 heavy (non-hydrogen) atoms. The van der Waals surface area contributed by atoms with E-state index in [0.29, 0.717) is 5.92 Å². The maximum Gasteiger partial charge on any atom is 0.490 e. The van der Waals surface area contributed by atoms with Gasteiger partial charge < -0.3 is 20.1 Å². The Bertz CT molecular complexity index is 1450. The van der Waals surface area contributed by atoms with Crippen LogP contribution < -0.4 is 0 Å². The average molecular weight is 611 g/mol. The van der Waals surface area contributed by atoms with Gasteiger partial charge in [-0.25, -0.2) is 14.6 Å². The fourth-order valence-corrected chi connectivity index (χ4v) is 4.31. The molecule has 5 rings (SSSR count). The third-order valence-electron chi connectivity index (χ3n) is 6.53. The summed E-state index contributed by atoms with van der Waals surface area (Å²) in [6, 6.07) is 21.4. The molecule has 1 aliphatic heterocycles. The number of hydrogen-bond donors (Lipinski definition) is 3. The molecule has 0 radical (unpaired) electrons. The maximum absolute atomic E-state index is 10.6. The predicted molar refractivity (Wildman–Crippen MR) is 145 cm³/mol. The van der Waals surface area contributed by atoms with E-state index in [-0.39, 0.29) is 0 Å². The minimum atomic E-state index is -5.08. The largest absolute Gasteiger partial charge is 0.490 e. The molecule has 14 heteroatoms. The Morgan fingerprint density at radius 3 is 1.93 bits per heavy atom. The number of alkyl halides is 6. The van der Waals surface area contributed by atoms with Crippen molar-refractivity contribution in [2.24, 2.45) is 0 Å². The van der Waals surface area contributed by atoms with Crippen LogP contribution in [0.5, 0.6) is 0 Å². The van der Waals surface area contributed by atoms with Crippen LogP contribution in [0, 0.1) is 0 Å². The molecule has 1 saturated heterocycles. The fraction of sp³-hybridized carbons (Fsp3) is 0.310. The lowest BCUT2D eigenvalue weighted by atomic mass is 9.96. The SMILES string of the molecule is O=C(O)C(F)(F)F.O=C(O)C(F)(F)F.c1ccc(CCN2CCC(c3nc4ccc(-c5ccncc5)cc4[nH]3)CC2)cc1. The minimum absolute atomic E-state index is 0.528. The van der Waals surface area contributed by atoms with Gasteiger partial charge >= 0.3 is 24.3 Å². The molecule has 0 atom stereocenters. The van der Waals surface area contributed by atoms with Crippen LogP contribution in [-0.2, 0) is 16.0 Å². The summed E-state index contributed by atoms with van der Waals surface area (Å²) in [5.41, 5.74) is 6.00. The lowest BCUT2D eigenvalue weighted by Gasteiger charge is -2.31. The van der Waals surface area contributed by atoms with Gasteiger partial charge in [0.05, 0.1) is 11.0 Å². The van der Waals surface area contributed by atoms with E-state index >= 15 is 0 Å². The normalized spacial score (nSPS) is 14.3. The van der Waals surface area contributed by atoms with Crippen molar-refractivity contribution in [3.8, 4) is 11.1 Å². The molecule has 2 aromatic carbocycles. The number of fused-ring (bicyclic) bond motifs is 1. The van der Waals surface area contributed by atoms with Gasteiger partial charge in [-0.2, -0.15) is 26.3 Å². The van der Waals surface area contributed by atoms with Gasteiger partial charge in [-0.3, -0.25) is 4.98 Å². The second-order valence-corrected chi connectivity index (χ2v) is 9.55. The van der Waals surface area contributed by atoms with Crippen LogP contribution in [0.3, 0.4) is 0 Å². The molecule has 0 amide bonds. The molecule has 0 saturated carbocycles. The molecule has 1 aliphatic rings. The van der Waals surface area contributed by atoms with Crippen molar-refractivity contribution in [3.05, 3.63) is 84.4 Å². The Hall–Kier alpha value is -4.46. The van der Waals surface area contributed by atoms with Crippen molar-refractivity contribution in [1.29, 1.82) is 0 Å². The Kier molecular flexibility index (Phi) is 11.2. The van der Waals surface area contributed by atoms with E-state index in [0.717, 1.165) is 42.9 Å². The number of rotatable bonds is 5. The average Bonchev–Trinajstić information content (AvgIpc) is 3.41. The van der Waals surface area contributed by atoms with Crippen LogP contribution in [0.4, 0.5) is 26.3 Å². The second-order valence-electron chi connectivity index (χ2n) is 9.55. The first-order valence-electron chi connectivity index (χ1n) is 13.0. The smallest absolute Gasteiger partial charge is 0.475 e. The van der Waals surface area contributed by atoms with Gasteiger partial charge in [-0.1, -0.05) is 36.4 Å². The van der Waals surface area contributed by atoms with Crippen molar-refractivity contribution < 1.29 is 46.1 Å². The summed E-state index contributed by atoms with van der Waals surface area (Å²) in [4.78, 5) is 33.0. The monoisotopic (exact) mass is 610 g/mol. The molecule has 0 spiro atoms. The zero-order chi connectivity index (χ0) is 31.6. The van der Waals surface area contributed by atoms with Crippen LogP contribution in [0.25, 0.3) is 22.2 Å². The first-order valence-corrected chi connectivity index (χ1v) is 13.0. The lowest BCUT2D eigenvalue weighted by Crippen LogP contribution is -2.34. The Morgan fingerprint density at radius 2 is 1.40 bits per heavy atom. The first-order chi connectivity index (χ1) is 20.2. The van der Waals surface area contributed by atoms with Crippen molar-refractivity contribution in [2.45, 2.75) is 37.5 Å². The van der Waals surface area contributed by atoms with Crippen LogP contribution >= 0.6 is 0 Å². The number of carbonyl (C=O) groups is 2. The van der Waals surface area contributed by atoms with E-state index in [9.17, 15) is 26.3 Å². The van der Waals surface area contributed by atoms with Crippen molar-refractivity contribution in [1.82, 2.24) is 19.9 Å². The quantitative estimate of drug-likeness (QED) is 0.227. The molecule has 0 bridgehead atoms. The Labute approximate surface area is 242 Å². The van der Waals surface area contributed by atoms with E-state index in [2.05, 4.69) is 63.4 Å². The Morgan fingerprint density at radius 1 is 0.837 bits per heavy atom. The number of piperidine rings is 1. The molecule has 0 aliphatic carbocycles. The van der Waals surface area contributed by atoms with E-state index in [1.807, 2.05) is 24.5 Å². The van der Waals surface area contributed by atoms with Crippen LogP contribution in [0.2, 0.25) is 0 Å². The number of aromatic nitrogens is 3. The summed E-state index contributed by atoms with van der Waals surface area (Å²) >= 11 is 0. The number of carboxylic acid groups (broad SMARTS) is 2. The van der Waals surface area contributed by atoms with E-state index in [1.165, 1.54) is 29.5 Å². The summed E-state index contributed by atoms with van der Waals surface area (Å²) in [6.45, 7) is 3.44. The van der Waals surface area contributed by atoms with Gasteiger partial charge in [-0.05, 0) is 73.3 Å². The molecular formula is C29H28F6N4O4. The van der Waals surface area contributed by atoms with Gasteiger partial charge in [0.1, 0.15) is 5.82 Å². The molecule has 3 heterocycles. The topological polar surface area (TPSA) is 119 Å². The van der Waals surface area contributed by atoms with Crippen molar-refractivity contribution in [2.75, 3.05) is 19.6 Å². The van der Waals surface area contributed by atoms with Crippen LogP contribution in [0.1, 0.15) is 30.1 Å². The maximum atomic E-state index is 10.6. The number of nitrogens with one attached hydrogen (secondary N) is 1. The minimum Gasteiger partial charge on any atom is -0.475 e. The fourth-order valence-electron chi connectivity index (χ4n) is 4.31. The molecule has 8 nitrogen and oxygen atoms in total. The summed E-state index contributed by atoms with van der Waals surface area (Å²) in [7, 11) is 0. The van der Waals surface area contributed by atoms with E-state index in [4.69, 9.17) is 24.8 Å². The number of aromatic amines is 1. The van der Waals surface area contributed by atoms with Gasteiger partial charge in [0.2, 0.25) is 0 Å². The highest BCUT2D eigenvalue weighted by Gasteiger charge is 2.38. The van der Waals surface area contributed by atoms with Gasteiger partial charge in [0.15, 0.2) is 0 Å². The van der Waals surface area contributed by atoms with Crippen LogP contribution in [-0.4, -0.2) is 74.0 Å². The standard InChI is InChI=1S/C25H26N4.2C2HF3O2/c1-2-4-19(5-3-1)10-15-29-16-11-21(12-17-29)25-27-23-7-6-22(18-24(23)28-25)20-8-13-26-14-9-20;2*3-2(4,5)1(6)7/h1-9,13-14,18,21H,10-12,15-17H2,(H,27,28);2*(H,6,7). The number of hydrogen-bond acceptors (Lipinski definition) is 5. The molecule has 2 aromatic heterocycles. The number of likely N-dealkylation sites (tertiary alicyclic amines) is 1. The third kappa shape index (κ3) is 10.4. The summed E-state index contributed by atoms with van der Waals surface area (Å²) in [6.07, 6.45) is -3.02. The third-order valence-corrected chi connectivity index (χ3v) is 6.53. The molecule has 3 N–H and O–H groups in total. The number of nitrogens with zero attached hydrogens (tertiary/aromatic N) is 3. The highest BCUT2D eigenvalue weighted by Crippen LogP contribution is 2.29. The summed E-state index contributed by atoms with van der Waals surface area (Å²) < 4.78 is 63.5. The van der Waals surface area contributed by atoms with Crippen molar-refractivity contribution >= 4 is 23.0 Å². The first kappa shape index (κ1) is 33.0.